The fraction of sp³-hybridized carbons (Fsp3) is 0.200. The number of aromatic nitrogens is 1. The second kappa shape index (κ2) is 5.81. The Balaban J connectivity index is 2.36. The van der Waals surface area contributed by atoms with Crippen LogP contribution in [0.5, 0.6) is 0 Å². The molecule has 104 valence electrons. The molecule has 5 heteroatoms. The highest BCUT2D eigenvalue weighted by atomic mass is 35.5. The first-order chi connectivity index (χ1) is 9.36. The third-order valence-corrected chi connectivity index (χ3v) is 3.30. The Bertz CT molecular complexity index is 630. The second-order valence-electron chi connectivity index (χ2n) is 4.71. The van der Waals surface area contributed by atoms with Crippen LogP contribution in [0.2, 0.25) is 10.3 Å². The molecule has 3 nitrogen and oxygen atoms in total. The third kappa shape index (κ3) is 3.30. The number of halogens is 2. The van der Waals surface area contributed by atoms with E-state index in [0.717, 1.165) is 16.8 Å². The molecule has 0 atom stereocenters. The van der Waals surface area contributed by atoms with Crippen molar-refractivity contribution in [2.45, 2.75) is 13.8 Å². The smallest absolute Gasteiger partial charge is 0.258 e. The van der Waals surface area contributed by atoms with E-state index in [2.05, 4.69) is 11.1 Å². The van der Waals surface area contributed by atoms with Crippen LogP contribution < -0.4 is 4.90 Å². The summed E-state index contributed by atoms with van der Waals surface area (Å²) in [6.45, 7) is 3.99. The molecule has 0 saturated carbocycles. The quantitative estimate of drug-likeness (QED) is 0.776. The predicted molar refractivity (Wildman–Crippen MR) is 82.9 cm³/mol. The van der Waals surface area contributed by atoms with Gasteiger partial charge in [-0.05, 0) is 49.2 Å². The van der Waals surface area contributed by atoms with E-state index < -0.39 is 0 Å². The van der Waals surface area contributed by atoms with Crippen LogP contribution in [-0.4, -0.2) is 17.9 Å². The van der Waals surface area contributed by atoms with Crippen molar-refractivity contribution in [3.63, 3.8) is 0 Å². The molecule has 0 radical (unpaired) electrons. The Morgan fingerprint density at radius 2 is 1.50 bits per heavy atom. The van der Waals surface area contributed by atoms with E-state index >= 15 is 0 Å². The Morgan fingerprint density at radius 1 is 1.00 bits per heavy atom. The molecule has 2 rings (SSSR count). The maximum absolute atomic E-state index is 12.5. The lowest BCUT2D eigenvalue weighted by Gasteiger charge is -2.19. The van der Waals surface area contributed by atoms with Gasteiger partial charge in [-0.2, -0.15) is 0 Å². The molecule has 0 saturated heterocycles. The van der Waals surface area contributed by atoms with Crippen LogP contribution in [0.25, 0.3) is 0 Å². The van der Waals surface area contributed by atoms with Crippen LogP contribution in [0.3, 0.4) is 0 Å². The highest BCUT2D eigenvalue weighted by molar-refractivity contribution is 6.33. The van der Waals surface area contributed by atoms with Gasteiger partial charge in [-0.25, -0.2) is 4.98 Å². The summed E-state index contributed by atoms with van der Waals surface area (Å²) in [6.07, 6.45) is 0. The minimum Gasteiger partial charge on any atom is -0.311 e. The fourth-order valence-corrected chi connectivity index (χ4v) is 2.50. The number of nitrogens with zero attached hydrogens (tertiary/aromatic N) is 2. The molecule has 0 aliphatic heterocycles. The standard InChI is InChI=1S/C15H14Cl2N2O/c1-9-4-10(2)6-12(5-9)19(3)15(20)11-7-13(16)18-14(17)8-11/h4-8H,1-3H3. The summed E-state index contributed by atoms with van der Waals surface area (Å²) in [6, 6.07) is 8.98. The van der Waals surface area contributed by atoms with Crippen molar-refractivity contribution < 1.29 is 4.79 Å². The first-order valence-corrected chi connectivity index (χ1v) is 6.82. The molecule has 20 heavy (non-hydrogen) atoms. The van der Waals surface area contributed by atoms with Gasteiger partial charge in [0.05, 0.1) is 0 Å². The molecule has 1 aromatic heterocycles. The largest absolute Gasteiger partial charge is 0.311 e. The molecule has 0 bridgehead atoms. The van der Waals surface area contributed by atoms with Gasteiger partial charge in [0.25, 0.3) is 5.91 Å². The number of hydrogen-bond donors (Lipinski definition) is 0. The Labute approximate surface area is 128 Å². The molecule has 0 aliphatic carbocycles. The van der Waals surface area contributed by atoms with Crippen LogP contribution in [0.4, 0.5) is 5.69 Å². The molecule has 0 spiro atoms. The third-order valence-electron chi connectivity index (χ3n) is 2.91. The Morgan fingerprint density at radius 3 is 2.00 bits per heavy atom. The molecule has 2 aromatic rings. The second-order valence-corrected chi connectivity index (χ2v) is 5.49. The maximum atomic E-state index is 12.5. The molecular weight excluding hydrogens is 295 g/mol. The van der Waals surface area contributed by atoms with Crippen LogP contribution in [0.15, 0.2) is 30.3 Å². The highest BCUT2D eigenvalue weighted by Crippen LogP contribution is 2.21. The molecule has 0 N–H and O–H groups in total. The van der Waals surface area contributed by atoms with Gasteiger partial charge in [0.1, 0.15) is 10.3 Å². The summed E-state index contributed by atoms with van der Waals surface area (Å²) in [5.74, 6) is -0.179. The molecule has 1 aromatic carbocycles. The number of aryl methyl sites for hydroxylation is 2. The zero-order valence-corrected chi connectivity index (χ0v) is 13.0. The lowest BCUT2D eigenvalue weighted by molar-refractivity contribution is 0.0993. The van der Waals surface area contributed by atoms with Crippen molar-refractivity contribution in [1.29, 1.82) is 0 Å². The summed E-state index contributed by atoms with van der Waals surface area (Å²) < 4.78 is 0. The Kier molecular flexibility index (Phi) is 4.31. The van der Waals surface area contributed by atoms with Gasteiger partial charge in [0, 0.05) is 18.3 Å². The van der Waals surface area contributed by atoms with Crippen molar-refractivity contribution in [3.8, 4) is 0 Å². The van der Waals surface area contributed by atoms with Gasteiger partial charge in [-0.1, -0.05) is 29.3 Å². The van der Waals surface area contributed by atoms with Gasteiger partial charge in [-0.15, -0.1) is 0 Å². The van der Waals surface area contributed by atoms with Crippen molar-refractivity contribution in [1.82, 2.24) is 4.98 Å². The first-order valence-electron chi connectivity index (χ1n) is 6.06. The summed E-state index contributed by atoms with van der Waals surface area (Å²) in [5, 5.41) is 0.407. The lowest BCUT2D eigenvalue weighted by atomic mass is 10.1. The van der Waals surface area contributed by atoms with Gasteiger partial charge in [0.15, 0.2) is 0 Å². The zero-order valence-electron chi connectivity index (χ0n) is 11.4. The van der Waals surface area contributed by atoms with Crippen molar-refractivity contribution >= 4 is 34.8 Å². The van der Waals surface area contributed by atoms with E-state index in [-0.39, 0.29) is 16.2 Å². The SMILES string of the molecule is Cc1cc(C)cc(N(C)C(=O)c2cc(Cl)nc(Cl)c2)c1. The van der Waals surface area contributed by atoms with Crippen molar-refractivity contribution in [2.24, 2.45) is 0 Å². The summed E-state index contributed by atoms with van der Waals surface area (Å²) >= 11 is 11.7. The fourth-order valence-electron chi connectivity index (χ4n) is 2.04. The van der Waals surface area contributed by atoms with E-state index in [4.69, 9.17) is 23.2 Å². The molecule has 0 aliphatic rings. The normalized spacial score (nSPS) is 10.4. The first kappa shape index (κ1) is 14.8. The minimum absolute atomic E-state index is 0.179. The van der Waals surface area contributed by atoms with E-state index in [1.165, 1.54) is 12.1 Å². The molecular formula is C15H14Cl2N2O. The maximum Gasteiger partial charge on any atom is 0.258 e. The molecule has 1 amide bonds. The van der Waals surface area contributed by atoms with Crippen molar-refractivity contribution in [2.75, 3.05) is 11.9 Å². The van der Waals surface area contributed by atoms with E-state index in [9.17, 15) is 4.79 Å². The Hall–Kier alpha value is -1.58. The lowest BCUT2D eigenvalue weighted by Crippen LogP contribution is -2.26. The average Bonchev–Trinajstić information content (AvgIpc) is 2.34. The van der Waals surface area contributed by atoms with E-state index in [1.54, 1.807) is 11.9 Å². The van der Waals surface area contributed by atoms with Crippen LogP contribution in [-0.2, 0) is 0 Å². The minimum atomic E-state index is -0.179. The van der Waals surface area contributed by atoms with Gasteiger partial charge in [0.2, 0.25) is 0 Å². The van der Waals surface area contributed by atoms with Gasteiger partial charge < -0.3 is 4.90 Å². The topological polar surface area (TPSA) is 33.2 Å². The predicted octanol–water partition coefficient (Wildman–Crippen LogP) is 4.28. The van der Waals surface area contributed by atoms with Crippen LogP contribution in [0.1, 0.15) is 21.5 Å². The van der Waals surface area contributed by atoms with Crippen molar-refractivity contribution in [3.05, 3.63) is 57.3 Å². The van der Waals surface area contributed by atoms with Crippen LogP contribution in [0, 0.1) is 13.8 Å². The monoisotopic (exact) mass is 308 g/mol. The van der Waals surface area contributed by atoms with Gasteiger partial charge >= 0.3 is 0 Å². The number of anilines is 1. The van der Waals surface area contributed by atoms with E-state index in [1.807, 2.05) is 26.0 Å². The number of pyridine rings is 1. The number of carbonyl (C=O) groups is 1. The van der Waals surface area contributed by atoms with Crippen LogP contribution >= 0.6 is 23.2 Å². The van der Waals surface area contributed by atoms with E-state index in [0.29, 0.717) is 5.56 Å². The number of hydrogen-bond acceptors (Lipinski definition) is 2. The average molecular weight is 309 g/mol. The summed E-state index contributed by atoms with van der Waals surface area (Å²) in [5.41, 5.74) is 3.45. The number of carbonyl (C=O) groups excluding carboxylic acids is 1. The molecule has 0 fully saturated rings. The highest BCUT2D eigenvalue weighted by Gasteiger charge is 2.15. The number of amides is 1. The molecule has 0 unspecified atom stereocenters. The molecule has 1 heterocycles. The zero-order chi connectivity index (χ0) is 14.9. The van der Waals surface area contributed by atoms with Gasteiger partial charge in [-0.3, -0.25) is 4.79 Å². The number of rotatable bonds is 2. The summed E-state index contributed by atoms with van der Waals surface area (Å²) in [4.78, 5) is 17.9. The number of benzene rings is 1. The summed E-state index contributed by atoms with van der Waals surface area (Å²) in [7, 11) is 1.72.